The van der Waals surface area contributed by atoms with Gasteiger partial charge in [-0.25, -0.2) is 0 Å². The maximum absolute atomic E-state index is 5.96. The number of para-hydroxylation sites is 1. The van der Waals surface area contributed by atoms with Gasteiger partial charge in [0.25, 0.3) is 5.88 Å². The minimum Gasteiger partial charge on any atom is -0.475 e. The first-order valence-electron chi connectivity index (χ1n) is 13.5. The van der Waals surface area contributed by atoms with E-state index in [1.807, 2.05) is 0 Å². The van der Waals surface area contributed by atoms with E-state index in [0.717, 1.165) is 82.5 Å². The van der Waals surface area contributed by atoms with Crippen LogP contribution in [0.1, 0.15) is 55.5 Å². The molecule has 0 amide bonds. The molecule has 0 saturated heterocycles. The number of benzene rings is 1. The molecule has 2 N–H and O–H groups in total. The first kappa shape index (κ1) is 25.1. The SMILES string of the molecule is CN1CCC=C(c2nsnc2OCCCNCCCCNc2c3c(nc4ccccc24)CCCC3)C1. The number of nitrogens with zero attached hydrogens (tertiary/aromatic N) is 4. The summed E-state index contributed by atoms with van der Waals surface area (Å²) in [6.07, 6.45) is 11.4. The van der Waals surface area contributed by atoms with Crippen molar-refractivity contribution in [1.82, 2.24) is 23.9 Å². The lowest BCUT2D eigenvalue weighted by Gasteiger charge is -2.22. The second-order valence-corrected chi connectivity index (χ2v) is 10.4. The number of rotatable bonds is 12. The third-order valence-corrected chi connectivity index (χ3v) is 7.60. The predicted molar refractivity (Wildman–Crippen MR) is 149 cm³/mol. The molecular formula is C28H38N6OS. The molecule has 0 fully saturated rings. The first-order valence-corrected chi connectivity index (χ1v) is 14.2. The van der Waals surface area contributed by atoms with Crippen LogP contribution in [0.25, 0.3) is 16.5 Å². The third kappa shape index (κ3) is 6.22. The molecule has 3 heterocycles. The van der Waals surface area contributed by atoms with Crippen molar-refractivity contribution in [3.63, 3.8) is 0 Å². The Hall–Kier alpha value is -2.55. The highest BCUT2D eigenvalue weighted by Gasteiger charge is 2.19. The summed E-state index contributed by atoms with van der Waals surface area (Å²) in [7, 11) is 2.14. The molecule has 0 saturated carbocycles. The molecule has 2 aliphatic rings. The highest BCUT2D eigenvalue weighted by atomic mass is 32.1. The highest BCUT2D eigenvalue weighted by Crippen LogP contribution is 2.33. The summed E-state index contributed by atoms with van der Waals surface area (Å²) in [5, 5.41) is 8.59. The van der Waals surface area contributed by atoms with Gasteiger partial charge in [0.15, 0.2) is 0 Å². The summed E-state index contributed by atoms with van der Waals surface area (Å²) in [6, 6.07) is 8.56. The lowest BCUT2D eigenvalue weighted by atomic mass is 9.92. The number of aromatic nitrogens is 3. The molecule has 1 aliphatic heterocycles. The standard InChI is InChI=1S/C28H38N6OS/c1-34-18-8-10-21(20-34)26-28(33-36-32-26)35-19-9-16-29-15-6-7-17-30-27-22-11-2-4-13-24(22)31-25-14-5-3-12-23(25)27/h2,4,10-11,13,29H,3,5-9,12,14-20H2,1H3,(H,30,31). The Labute approximate surface area is 218 Å². The topological polar surface area (TPSA) is 75.2 Å². The van der Waals surface area contributed by atoms with Gasteiger partial charge in [0.05, 0.1) is 23.9 Å². The molecule has 0 bridgehead atoms. The van der Waals surface area contributed by atoms with Crippen LogP contribution < -0.4 is 15.4 Å². The van der Waals surface area contributed by atoms with E-state index >= 15 is 0 Å². The molecule has 36 heavy (non-hydrogen) atoms. The molecule has 5 rings (SSSR count). The molecule has 192 valence electrons. The van der Waals surface area contributed by atoms with Crippen LogP contribution in [0.4, 0.5) is 5.69 Å². The first-order chi connectivity index (χ1) is 17.8. The molecule has 3 aromatic rings. The lowest BCUT2D eigenvalue weighted by molar-refractivity contribution is 0.297. The van der Waals surface area contributed by atoms with E-state index in [9.17, 15) is 0 Å². The third-order valence-electron chi connectivity index (χ3n) is 7.09. The summed E-state index contributed by atoms with van der Waals surface area (Å²) in [5.74, 6) is 0.693. The van der Waals surface area contributed by atoms with E-state index in [1.54, 1.807) is 0 Å². The normalized spacial score (nSPS) is 16.1. The minimum absolute atomic E-state index is 0.663. The summed E-state index contributed by atoms with van der Waals surface area (Å²) in [5.41, 5.74) is 7.35. The molecule has 7 nitrogen and oxygen atoms in total. The Morgan fingerprint density at radius 1 is 1.03 bits per heavy atom. The minimum atomic E-state index is 0.663. The Kier molecular flexibility index (Phi) is 8.80. The Morgan fingerprint density at radius 3 is 2.83 bits per heavy atom. The summed E-state index contributed by atoms with van der Waals surface area (Å²) in [6.45, 7) is 5.65. The number of likely N-dealkylation sites (N-methyl/N-ethyl adjacent to an activating group) is 1. The van der Waals surface area contributed by atoms with Crippen molar-refractivity contribution in [3.8, 4) is 5.88 Å². The fourth-order valence-corrected chi connectivity index (χ4v) is 5.72. The van der Waals surface area contributed by atoms with Gasteiger partial charge in [-0.2, -0.15) is 4.37 Å². The van der Waals surface area contributed by atoms with Crippen LogP contribution in [0, 0.1) is 0 Å². The van der Waals surface area contributed by atoms with Gasteiger partial charge < -0.3 is 20.3 Å². The quantitative estimate of drug-likeness (QED) is 0.337. The number of anilines is 1. The van der Waals surface area contributed by atoms with Gasteiger partial charge in [0, 0.05) is 36.4 Å². The van der Waals surface area contributed by atoms with Crippen molar-refractivity contribution < 1.29 is 4.74 Å². The second-order valence-electron chi connectivity index (χ2n) is 9.90. The zero-order valence-electron chi connectivity index (χ0n) is 21.4. The van der Waals surface area contributed by atoms with Gasteiger partial charge in [0.1, 0.15) is 5.69 Å². The molecule has 0 spiro atoms. The van der Waals surface area contributed by atoms with Crippen LogP contribution in [-0.4, -0.2) is 65.0 Å². The van der Waals surface area contributed by atoms with Crippen LogP contribution in [-0.2, 0) is 12.8 Å². The second kappa shape index (κ2) is 12.6. The number of aryl methyl sites for hydroxylation is 1. The van der Waals surface area contributed by atoms with Gasteiger partial charge in [-0.05, 0) is 88.7 Å². The van der Waals surface area contributed by atoms with E-state index in [-0.39, 0.29) is 0 Å². The Bertz CT molecular complexity index is 1180. The zero-order chi connectivity index (χ0) is 24.6. The van der Waals surface area contributed by atoms with Crippen LogP contribution in [0.2, 0.25) is 0 Å². The molecule has 0 atom stereocenters. The van der Waals surface area contributed by atoms with Gasteiger partial charge in [-0.15, -0.1) is 4.37 Å². The summed E-state index contributed by atoms with van der Waals surface area (Å²) >= 11 is 1.24. The van der Waals surface area contributed by atoms with Crippen molar-refractivity contribution in [1.29, 1.82) is 0 Å². The highest BCUT2D eigenvalue weighted by molar-refractivity contribution is 6.99. The lowest BCUT2D eigenvalue weighted by Crippen LogP contribution is -2.25. The van der Waals surface area contributed by atoms with Gasteiger partial charge in [-0.3, -0.25) is 4.98 Å². The van der Waals surface area contributed by atoms with E-state index in [4.69, 9.17) is 9.72 Å². The van der Waals surface area contributed by atoms with Crippen molar-refractivity contribution in [3.05, 3.63) is 47.3 Å². The van der Waals surface area contributed by atoms with Crippen molar-refractivity contribution >= 4 is 33.9 Å². The van der Waals surface area contributed by atoms with Gasteiger partial charge in [0.2, 0.25) is 0 Å². The zero-order valence-corrected chi connectivity index (χ0v) is 22.2. The van der Waals surface area contributed by atoms with Crippen molar-refractivity contribution in [2.24, 2.45) is 0 Å². The van der Waals surface area contributed by atoms with E-state index in [1.165, 1.54) is 52.5 Å². The number of pyridine rings is 1. The molecule has 1 aliphatic carbocycles. The number of hydrogen-bond acceptors (Lipinski definition) is 8. The molecule has 0 radical (unpaired) electrons. The number of hydrogen-bond donors (Lipinski definition) is 2. The average Bonchev–Trinajstić information content (AvgIpc) is 3.38. The maximum atomic E-state index is 5.96. The van der Waals surface area contributed by atoms with Crippen LogP contribution in [0.5, 0.6) is 5.88 Å². The fourth-order valence-electron chi connectivity index (χ4n) is 5.19. The molecule has 0 unspecified atom stereocenters. The van der Waals surface area contributed by atoms with Crippen LogP contribution >= 0.6 is 11.7 Å². The number of unbranched alkanes of at least 4 members (excludes halogenated alkanes) is 1. The van der Waals surface area contributed by atoms with Gasteiger partial charge in [-0.1, -0.05) is 24.3 Å². The van der Waals surface area contributed by atoms with E-state index in [2.05, 4.69) is 61.7 Å². The van der Waals surface area contributed by atoms with E-state index in [0.29, 0.717) is 12.5 Å². The number of nitrogens with one attached hydrogen (secondary N) is 2. The fraction of sp³-hybridized carbons (Fsp3) is 0.536. The monoisotopic (exact) mass is 506 g/mol. The van der Waals surface area contributed by atoms with Gasteiger partial charge >= 0.3 is 0 Å². The Balaban J connectivity index is 0.992. The Morgan fingerprint density at radius 2 is 1.89 bits per heavy atom. The maximum Gasteiger partial charge on any atom is 0.253 e. The van der Waals surface area contributed by atoms with Crippen molar-refractivity contribution in [2.45, 2.75) is 51.4 Å². The number of fused-ring (bicyclic) bond motifs is 2. The number of ether oxygens (including phenoxy) is 1. The summed E-state index contributed by atoms with van der Waals surface area (Å²) < 4.78 is 14.8. The summed E-state index contributed by atoms with van der Waals surface area (Å²) in [4.78, 5) is 7.26. The van der Waals surface area contributed by atoms with E-state index < -0.39 is 0 Å². The average molecular weight is 507 g/mol. The molecule has 2 aromatic heterocycles. The van der Waals surface area contributed by atoms with Crippen molar-refractivity contribution in [2.75, 3.05) is 51.7 Å². The van der Waals surface area contributed by atoms with Crippen LogP contribution in [0.3, 0.4) is 0 Å². The smallest absolute Gasteiger partial charge is 0.253 e. The largest absolute Gasteiger partial charge is 0.475 e. The molecule has 1 aromatic carbocycles. The predicted octanol–water partition coefficient (Wildman–Crippen LogP) is 4.93. The van der Waals surface area contributed by atoms with Crippen LogP contribution in [0.15, 0.2) is 30.3 Å². The molecule has 8 heteroatoms. The molecular weight excluding hydrogens is 468 g/mol.